The van der Waals surface area contributed by atoms with E-state index in [2.05, 4.69) is 15.6 Å². The van der Waals surface area contributed by atoms with Gasteiger partial charge in [0.25, 0.3) is 5.91 Å². The van der Waals surface area contributed by atoms with Gasteiger partial charge in [0, 0.05) is 6.20 Å². The number of pyridine rings is 1. The number of aromatic nitrogens is 1. The SMILES string of the molecule is O=C1NC2(CCNCC2)C(=O)N1Cc1cncc(F)c1. The minimum atomic E-state index is -0.789. The number of piperidine rings is 1. The average molecular weight is 278 g/mol. The molecule has 2 saturated heterocycles. The normalized spacial score (nSPS) is 21.4. The molecule has 0 unspecified atom stereocenters. The zero-order chi connectivity index (χ0) is 14.2. The number of rotatable bonds is 2. The van der Waals surface area contributed by atoms with Crippen molar-refractivity contribution in [2.45, 2.75) is 24.9 Å². The molecule has 1 spiro atoms. The van der Waals surface area contributed by atoms with E-state index < -0.39 is 17.4 Å². The van der Waals surface area contributed by atoms with Crippen LogP contribution in [0.3, 0.4) is 0 Å². The highest BCUT2D eigenvalue weighted by Gasteiger charge is 2.51. The number of carbonyl (C=O) groups excluding carboxylic acids is 2. The molecule has 106 valence electrons. The molecule has 0 saturated carbocycles. The highest BCUT2D eigenvalue weighted by molar-refractivity contribution is 6.07. The summed E-state index contributed by atoms with van der Waals surface area (Å²) >= 11 is 0. The molecule has 0 radical (unpaired) electrons. The van der Waals surface area contributed by atoms with Crippen LogP contribution in [0.4, 0.5) is 9.18 Å². The molecule has 0 bridgehead atoms. The van der Waals surface area contributed by atoms with Crippen molar-refractivity contribution < 1.29 is 14.0 Å². The summed E-state index contributed by atoms with van der Waals surface area (Å²) in [6.45, 7) is 1.44. The van der Waals surface area contributed by atoms with Gasteiger partial charge < -0.3 is 10.6 Å². The second-order valence-electron chi connectivity index (χ2n) is 5.16. The number of nitrogens with zero attached hydrogens (tertiary/aromatic N) is 2. The summed E-state index contributed by atoms with van der Waals surface area (Å²) in [5, 5.41) is 5.95. The number of urea groups is 1. The van der Waals surface area contributed by atoms with Gasteiger partial charge in [-0.1, -0.05) is 0 Å². The maximum atomic E-state index is 13.1. The van der Waals surface area contributed by atoms with E-state index in [0.29, 0.717) is 31.5 Å². The van der Waals surface area contributed by atoms with Gasteiger partial charge in [0.2, 0.25) is 0 Å². The topological polar surface area (TPSA) is 74.3 Å². The van der Waals surface area contributed by atoms with Crippen LogP contribution in [0.1, 0.15) is 18.4 Å². The molecule has 0 atom stereocenters. The molecule has 0 aliphatic carbocycles. The number of imide groups is 1. The molecule has 2 aliphatic rings. The monoisotopic (exact) mass is 278 g/mol. The van der Waals surface area contributed by atoms with Crippen LogP contribution < -0.4 is 10.6 Å². The summed E-state index contributed by atoms with van der Waals surface area (Å²) in [6, 6.07) is 0.863. The van der Waals surface area contributed by atoms with Gasteiger partial charge >= 0.3 is 6.03 Å². The van der Waals surface area contributed by atoms with Gasteiger partial charge in [0.15, 0.2) is 0 Å². The lowest BCUT2D eigenvalue weighted by Gasteiger charge is -2.31. The van der Waals surface area contributed by atoms with E-state index in [-0.39, 0.29) is 12.5 Å². The maximum absolute atomic E-state index is 13.1. The van der Waals surface area contributed by atoms with Gasteiger partial charge in [-0.15, -0.1) is 0 Å². The van der Waals surface area contributed by atoms with Crippen molar-refractivity contribution in [1.29, 1.82) is 0 Å². The van der Waals surface area contributed by atoms with Crippen molar-refractivity contribution in [3.8, 4) is 0 Å². The van der Waals surface area contributed by atoms with Gasteiger partial charge in [-0.3, -0.25) is 14.7 Å². The zero-order valence-electron chi connectivity index (χ0n) is 10.9. The summed E-state index contributed by atoms with van der Waals surface area (Å²) in [7, 11) is 0. The van der Waals surface area contributed by atoms with Gasteiger partial charge in [-0.2, -0.15) is 0 Å². The smallest absolute Gasteiger partial charge is 0.323 e. The van der Waals surface area contributed by atoms with Crippen molar-refractivity contribution in [3.05, 3.63) is 29.8 Å². The molecule has 6 nitrogen and oxygen atoms in total. The first-order valence-electron chi connectivity index (χ1n) is 6.55. The highest BCUT2D eigenvalue weighted by Crippen LogP contribution is 2.27. The van der Waals surface area contributed by atoms with E-state index in [4.69, 9.17) is 0 Å². The van der Waals surface area contributed by atoms with Crippen LogP contribution in [0.2, 0.25) is 0 Å². The van der Waals surface area contributed by atoms with Crippen molar-refractivity contribution in [2.75, 3.05) is 13.1 Å². The van der Waals surface area contributed by atoms with Crippen LogP contribution in [-0.4, -0.2) is 40.5 Å². The molecule has 2 aliphatic heterocycles. The first-order valence-corrected chi connectivity index (χ1v) is 6.55. The Morgan fingerprint density at radius 3 is 2.75 bits per heavy atom. The lowest BCUT2D eigenvalue weighted by atomic mass is 9.88. The molecule has 2 N–H and O–H groups in total. The van der Waals surface area contributed by atoms with E-state index in [0.717, 1.165) is 11.1 Å². The Bertz CT molecular complexity index is 557. The first-order chi connectivity index (χ1) is 9.61. The molecule has 0 aromatic carbocycles. The van der Waals surface area contributed by atoms with E-state index in [1.165, 1.54) is 12.3 Å². The third-order valence-electron chi connectivity index (χ3n) is 3.81. The average Bonchev–Trinajstić information content (AvgIpc) is 2.64. The summed E-state index contributed by atoms with van der Waals surface area (Å²) in [5.41, 5.74) is -0.289. The van der Waals surface area contributed by atoms with E-state index in [9.17, 15) is 14.0 Å². The quantitative estimate of drug-likeness (QED) is 0.768. The summed E-state index contributed by atoms with van der Waals surface area (Å²) in [6.07, 6.45) is 3.70. The Morgan fingerprint density at radius 1 is 1.30 bits per heavy atom. The summed E-state index contributed by atoms with van der Waals surface area (Å²) in [5.74, 6) is -0.709. The molecule has 7 heteroatoms. The summed E-state index contributed by atoms with van der Waals surface area (Å²) in [4.78, 5) is 29.4. The maximum Gasteiger partial charge on any atom is 0.325 e. The summed E-state index contributed by atoms with van der Waals surface area (Å²) < 4.78 is 13.1. The van der Waals surface area contributed by atoms with Gasteiger partial charge in [0.1, 0.15) is 11.4 Å². The third kappa shape index (κ3) is 2.14. The van der Waals surface area contributed by atoms with Crippen LogP contribution in [0.25, 0.3) is 0 Å². The van der Waals surface area contributed by atoms with Crippen LogP contribution in [0.15, 0.2) is 18.5 Å². The molecular formula is C13H15FN4O2. The van der Waals surface area contributed by atoms with Crippen LogP contribution >= 0.6 is 0 Å². The number of carbonyl (C=O) groups is 2. The van der Waals surface area contributed by atoms with Crippen LogP contribution in [-0.2, 0) is 11.3 Å². The predicted octanol–water partition coefficient (Wildman–Crippen LogP) is 0.395. The van der Waals surface area contributed by atoms with Gasteiger partial charge in [-0.25, -0.2) is 9.18 Å². The largest absolute Gasteiger partial charge is 0.325 e. The van der Waals surface area contributed by atoms with Crippen LogP contribution in [0, 0.1) is 5.82 Å². The Balaban J connectivity index is 1.80. The third-order valence-corrected chi connectivity index (χ3v) is 3.81. The molecule has 1 aromatic rings. The van der Waals surface area contributed by atoms with Crippen LogP contribution in [0.5, 0.6) is 0 Å². The number of amides is 3. The molecule has 3 heterocycles. The Morgan fingerprint density at radius 2 is 2.05 bits per heavy atom. The fourth-order valence-electron chi connectivity index (χ4n) is 2.74. The van der Waals surface area contributed by atoms with Crippen molar-refractivity contribution in [2.24, 2.45) is 0 Å². The first kappa shape index (κ1) is 13.0. The number of hydrogen-bond donors (Lipinski definition) is 2. The number of halogens is 1. The lowest BCUT2D eigenvalue weighted by molar-refractivity contribution is -0.132. The Hall–Kier alpha value is -2.02. The minimum absolute atomic E-state index is 0.0462. The Labute approximate surface area is 115 Å². The second kappa shape index (κ2) is 4.82. The fourth-order valence-corrected chi connectivity index (χ4v) is 2.74. The predicted molar refractivity (Wildman–Crippen MR) is 68.1 cm³/mol. The van der Waals surface area contributed by atoms with Crippen molar-refractivity contribution in [3.63, 3.8) is 0 Å². The zero-order valence-corrected chi connectivity index (χ0v) is 10.9. The number of nitrogens with one attached hydrogen (secondary N) is 2. The molecule has 20 heavy (non-hydrogen) atoms. The molecule has 3 rings (SSSR count). The second-order valence-corrected chi connectivity index (χ2v) is 5.16. The highest BCUT2D eigenvalue weighted by atomic mass is 19.1. The van der Waals surface area contributed by atoms with E-state index in [1.807, 2.05) is 0 Å². The fraction of sp³-hybridized carbons (Fsp3) is 0.462. The number of hydrogen-bond acceptors (Lipinski definition) is 4. The lowest BCUT2D eigenvalue weighted by Crippen LogP contribution is -2.53. The molecule has 2 fully saturated rings. The van der Waals surface area contributed by atoms with Gasteiger partial charge in [-0.05, 0) is 37.6 Å². The van der Waals surface area contributed by atoms with E-state index in [1.54, 1.807) is 0 Å². The standard InChI is InChI=1S/C13H15FN4O2/c14-10-5-9(6-16-7-10)8-18-11(19)13(17-12(18)20)1-3-15-4-2-13/h5-7,15H,1-4,8H2,(H,17,20). The molecule has 1 aromatic heterocycles. The van der Waals surface area contributed by atoms with Gasteiger partial charge in [0.05, 0.1) is 12.7 Å². The van der Waals surface area contributed by atoms with Crippen molar-refractivity contribution in [1.82, 2.24) is 20.5 Å². The van der Waals surface area contributed by atoms with E-state index >= 15 is 0 Å². The minimum Gasteiger partial charge on any atom is -0.323 e. The molecular weight excluding hydrogens is 263 g/mol. The van der Waals surface area contributed by atoms with Crippen molar-refractivity contribution >= 4 is 11.9 Å². The Kier molecular flexibility index (Phi) is 3.13. The molecule has 3 amide bonds.